The van der Waals surface area contributed by atoms with E-state index in [1.807, 2.05) is 5.10 Å². The number of nitrogens with zero attached hydrogens (tertiary/aromatic N) is 1. The van der Waals surface area contributed by atoms with Crippen molar-refractivity contribution in [1.29, 1.82) is 0 Å². The fourth-order valence-electron chi connectivity index (χ4n) is 1.17. The second-order valence-corrected chi connectivity index (χ2v) is 2.80. The number of aliphatic hydroxyl groups excluding tert-OH is 1. The van der Waals surface area contributed by atoms with E-state index in [2.05, 4.69) is 0 Å². The van der Waals surface area contributed by atoms with Crippen LogP contribution in [0.15, 0.2) is 4.79 Å². The number of H-pyrrole nitrogens is 1. The van der Waals surface area contributed by atoms with Crippen molar-refractivity contribution in [2.75, 3.05) is 6.61 Å². The highest BCUT2D eigenvalue weighted by atomic mass is 19.4. The van der Waals surface area contributed by atoms with E-state index in [1.54, 1.807) is 0 Å². The van der Waals surface area contributed by atoms with Gasteiger partial charge in [-0.3, -0.25) is 14.6 Å². The molecule has 0 radical (unpaired) electrons. The molecule has 1 aromatic heterocycles. The Kier molecular flexibility index (Phi) is 2.70. The predicted molar refractivity (Wildman–Crippen MR) is 41.8 cm³/mol. The van der Waals surface area contributed by atoms with Crippen LogP contribution in [0.25, 0.3) is 0 Å². The van der Waals surface area contributed by atoms with E-state index in [4.69, 9.17) is 5.11 Å². The van der Waals surface area contributed by atoms with Crippen molar-refractivity contribution in [1.82, 2.24) is 9.78 Å². The number of aryl methyl sites for hydroxylation is 1. The molecule has 0 fully saturated rings. The number of alkyl halides is 3. The summed E-state index contributed by atoms with van der Waals surface area (Å²) >= 11 is 0. The van der Waals surface area contributed by atoms with Gasteiger partial charge >= 0.3 is 6.18 Å². The molecule has 0 atom stereocenters. The lowest BCUT2D eigenvalue weighted by Gasteiger charge is -2.04. The number of aromatic amines is 1. The zero-order valence-corrected chi connectivity index (χ0v) is 7.35. The van der Waals surface area contributed by atoms with Gasteiger partial charge in [-0.2, -0.15) is 13.2 Å². The Morgan fingerprint density at radius 1 is 1.50 bits per heavy atom. The highest BCUT2D eigenvalue weighted by Gasteiger charge is 2.37. The summed E-state index contributed by atoms with van der Waals surface area (Å²) in [5.41, 5.74) is -2.27. The summed E-state index contributed by atoms with van der Waals surface area (Å²) in [7, 11) is 1.19. The molecule has 80 valence electrons. The van der Waals surface area contributed by atoms with Crippen molar-refractivity contribution in [2.45, 2.75) is 12.6 Å². The fourth-order valence-corrected chi connectivity index (χ4v) is 1.17. The van der Waals surface area contributed by atoms with Crippen molar-refractivity contribution in [3.05, 3.63) is 21.6 Å². The lowest BCUT2D eigenvalue weighted by Crippen LogP contribution is -2.17. The maximum Gasteiger partial charge on any atom is 0.433 e. The summed E-state index contributed by atoms with van der Waals surface area (Å²) in [6.07, 6.45) is -4.89. The molecular weight excluding hydrogens is 201 g/mol. The third-order valence-corrected chi connectivity index (χ3v) is 1.79. The Labute approximate surface area is 77.0 Å². The van der Waals surface area contributed by atoms with Gasteiger partial charge in [0.15, 0.2) is 0 Å². The molecule has 4 nitrogen and oxygen atoms in total. The smallest absolute Gasteiger partial charge is 0.396 e. The Bertz CT molecular complexity index is 377. The fraction of sp³-hybridized carbons (Fsp3) is 0.571. The predicted octanol–water partition coefficient (Wildman–Crippen LogP) is 0.267. The van der Waals surface area contributed by atoms with Crippen LogP contribution in [0.5, 0.6) is 0 Å². The van der Waals surface area contributed by atoms with Crippen molar-refractivity contribution in [2.24, 2.45) is 7.05 Å². The lowest BCUT2D eigenvalue weighted by atomic mass is 10.2. The summed E-state index contributed by atoms with van der Waals surface area (Å²) in [6, 6.07) is 0. The van der Waals surface area contributed by atoms with E-state index in [1.165, 1.54) is 7.05 Å². The molecule has 1 heterocycles. The van der Waals surface area contributed by atoms with Gasteiger partial charge < -0.3 is 5.11 Å². The first-order valence-corrected chi connectivity index (χ1v) is 3.84. The molecule has 7 heteroatoms. The zero-order valence-electron chi connectivity index (χ0n) is 7.35. The minimum absolute atomic E-state index is 0.301. The highest BCUT2D eigenvalue weighted by molar-refractivity contribution is 5.20. The van der Waals surface area contributed by atoms with Crippen molar-refractivity contribution >= 4 is 0 Å². The lowest BCUT2D eigenvalue weighted by molar-refractivity contribution is -0.142. The second-order valence-electron chi connectivity index (χ2n) is 2.80. The van der Waals surface area contributed by atoms with Crippen LogP contribution in [0.4, 0.5) is 13.2 Å². The number of aromatic nitrogens is 2. The number of rotatable bonds is 2. The van der Waals surface area contributed by atoms with Gasteiger partial charge in [-0.1, -0.05) is 0 Å². The molecule has 0 aliphatic rings. The normalized spacial score (nSPS) is 12.1. The van der Waals surface area contributed by atoms with Gasteiger partial charge in [0.25, 0.3) is 5.56 Å². The zero-order chi connectivity index (χ0) is 10.9. The molecule has 1 rings (SSSR count). The van der Waals surface area contributed by atoms with Gasteiger partial charge in [0.1, 0.15) is 5.69 Å². The molecule has 14 heavy (non-hydrogen) atoms. The number of hydrogen-bond acceptors (Lipinski definition) is 2. The first-order chi connectivity index (χ1) is 6.38. The average molecular weight is 210 g/mol. The summed E-state index contributed by atoms with van der Waals surface area (Å²) in [5.74, 6) is 0. The Morgan fingerprint density at radius 3 is 2.50 bits per heavy atom. The molecule has 1 aromatic rings. The third kappa shape index (κ3) is 1.82. The van der Waals surface area contributed by atoms with Crippen molar-refractivity contribution < 1.29 is 18.3 Å². The molecule has 0 amide bonds. The third-order valence-electron chi connectivity index (χ3n) is 1.79. The largest absolute Gasteiger partial charge is 0.433 e. The molecular formula is C7H9F3N2O2. The Balaban J connectivity index is 3.30. The van der Waals surface area contributed by atoms with Crippen LogP contribution in [-0.2, 0) is 19.6 Å². The van der Waals surface area contributed by atoms with Crippen LogP contribution in [0.1, 0.15) is 11.3 Å². The van der Waals surface area contributed by atoms with Gasteiger partial charge in [-0.25, -0.2) is 0 Å². The molecule has 0 saturated heterocycles. The summed E-state index contributed by atoms with van der Waals surface area (Å²) in [6.45, 7) is -0.490. The van der Waals surface area contributed by atoms with Crippen LogP contribution >= 0.6 is 0 Å². The van der Waals surface area contributed by atoms with E-state index in [-0.39, 0.29) is 6.42 Å². The summed E-state index contributed by atoms with van der Waals surface area (Å²) < 4.78 is 37.6. The van der Waals surface area contributed by atoms with E-state index in [0.29, 0.717) is 0 Å². The van der Waals surface area contributed by atoms with Crippen molar-refractivity contribution in [3.8, 4) is 0 Å². The van der Waals surface area contributed by atoms with Gasteiger partial charge in [0.05, 0.1) is 5.56 Å². The molecule has 0 bridgehead atoms. The maximum absolute atomic E-state index is 12.3. The maximum atomic E-state index is 12.3. The summed E-state index contributed by atoms with van der Waals surface area (Å²) in [5, 5.41) is 10.4. The van der Waals surface area contributed by atoms with Gasteiger partial charge in [0, 0.05) is 20.1 Å². The van der Waals surface area contributed by atoms with Crippen LogP contribution in [0.2, 0.25) is 0 Å². The summed E-state index contributed by atoms with van der Waals surface area (Å²) in [4.78, 5) is 11.1. The SMILES string of the molecule is Cn1[nH]c(C(F)(F)F)c(CCO)c1=O. The number of nitrogens with one attached hydrogen (secondary N) is 1. The quantitative estimate of drug-likeness (QED) is 0.736. The number of hydrogen-bond donors (Lipinski definition) is 2. The average Bonchev–Trinajstić information content (AvgIpc) is 2.32. The van der Waals surface area contributed by atoms with Gasteiger partial charge in [-0.15, -0.1) is 0 Å². The van der Waals surface area contributed by atoms with Crippen LogP contribution < -0.4 is 5.56 Å². The highest BCUT2D eigenvalue weighted by Crippen LogP contribution is 2.29. The van der Waals surface area contributed by atoms with Gasteiger partial charge in [0.2, 0.25) is 0 Å². The van der Waals surface area contributed by atoms with Crippen LogP contribution in [0, 0.1) is 0 Å². The first kappa shape index (κ1) is 10.8. The van der Waals surface area contributed by atoms with E-state index in [0.717, 1.165) is 4.68 Å². The number of halogens is 3. The van der Waals surface area contributed by atoms with E-state index < -0.39 is 29.6 Å². The minimum Gasteiger partial charge on any atom is -0.396 e. The van der Waals surface area contributed by atoms with E-state index >= 15 is 0 Å². The van der Waals surface area contributed by atoms with Crippen LogP contribution in [-0.4, -0.2) is 21.5 Å². The van der Waals surface area contributed by atoms with Gasteiger partial charge in [-0.05, 0) is 0 Å². The molecule has 2 N–H and O–H groups in total. The second kappa shape index (κ2) is 3.49. The molecule has 0 saturated carbocycles. The number of aliphatic hydroxyl groups is 1. The Hall–Kier alpha value is -1.24. The van der Waals surface area contributed by atoms with Crippen LogP contribution in [0.3, 0.4) is 0 Å². The molecule has 0 unspecified atom stereocenters. The molecule has 0 aliphatic heterocycles. The molecule has 0 aromatic carbocycles. The molecule has 0 spiro atoms. The minimum atomic E-state index is -4.59. The first-order valence-electron chi connectivity index (χ1n) is 3.84. The topological polar surface area (TPSA) is 58.0 Å². The van der Waals surface area contributed by atoms with E-state index in [9.17, 15) is 18.0 Å². The molecule has 0 aliphatic carbocycles. The Morgan fingerprint density at radius 2 is 2.07 bits per heavy atom. The van der Waals surface area contributed by atoms with Crippen molar-refractivity contribution in [3.63, 3.8) is 0 Å². The standard InChI is InChI=1S/C7H9F3N2O2/c1-12-6(14)4(2-3-13)5(11-12)7(8,9)10/h11,13H,2-3H2,1H3. The monoisotopic (exact) mass is 210 g/mol.